The van der Waals surface area contributed by atoms with E-state index >= 15 is 0 Å². The Kier molecular flexibility index (Phi) is 4.24. The molecule has 0 aromatic heterocycles. The smallest absolute Gasteiger partial charge is 0.240 e. The molecule has 3 rings (SSSR count). The van der Waals surface area contributed by atoms with Crippen LogP contribution in [-0.2, 0) is 14.8 Å². The van der Waals surface area contributed by atoms with Gasteiger partial charge in [0.2, 0.25) is 15.9 Å². The molecule has 0 unspecified atom stereocenters. The second kappa shape index (κ2) is 5.98. The zero-order valence-corrected chi connectivity index (χ0v) is 13.2. The summed E-state index contributed by atoms with van der Waals surface area (Å²) < 4.78 is 27.6. The number of nitrogens with one attached hydrogen (secondary N) is 2. The van der Waals surface area contributed by atoms with Crippen LogP contribution in [0.5, 0.6) is 0 Å². The van der Waals surface area contributed by atoms with Crippen LogP contribution in [-0.4, -0.2) is 26.1 Å². The molecule has 1 heterocycles. The Morgan fingerprint density at radius 2 is 2.00 bits per heavy atom. The number of benzene rings is 1. The molecule has 1 amide bonds. The standard InChI is InChI=1S/C14H18N2O3S2/c17-14-7-8-20-13-6-5-11(9-12(13)15-14)21(18,19)16-10-3-1-2-4-10/h5-6,9-10,16H,1-4,7-8H2,(H,15,17). The third-order valence-electron chi connectivity index (χ3n) is 3.80. The highest BCUT2D eigenvalue weighted by Crippen LogP contribution is 2.32. The van der Waals surface area contributed by atoms with Gasteiger partial charge in [-0.25, -0.2) is 13.1 Å². The number of carbonyl (C=O) groups excluding carboxylic acids is 1. The van der Waals surface area contributed by atoms with Gasteiger partial charge in [0, 0.05) is 23.1 Å². The SMILES string of the molecule is O=C1CCSc2ccc(S(=O)(=O)NC3CCCC3)cc2N1. The molecule has 0 spiro atoms. The Morgan fingerprint density at radius 3 is 2.76 bits per heavy atom. The van der Waals surface area contributed by atoms with Crippen molar-refractivity contribution < 1.29 is 13.2 Å². The number of carbonyl (C=O) groups is 1. The van der Waals surface area contributed by atoms with Crippen LogP contribution in [0, 0.1) is 0 Å². The second-order valence-corrected chi connectivity index (χ2v) is 8.26. The van der Waals surface area contributed by atoms with E-state index in [1.54, 1.807) is 30.0 Å². The Balaban J connectivity index is 1.86. The van der Waals surface area contributed by atoms with Gasteiger partial charge in [-0.05, 0) is 31.0 Å². The van der Waals surface area contributed by atoms with E-state index in [9.17, 15) is 13.2 Å². The molecule has 0 radical (unpaired) electrons. The molecule has 0 saturated heterocycles. The minimum absolute atomic E-state index is 0.0396. The van der Waals surface area contributed by atoms with Gasteiger partial charge >= 0.3 is 0 Å². The molecule has 5 nitrogen and oxygen atoms in total. The second-order valence-electron chi connectivity index (χ2n) is 5.41. The summed E-state index contributed by atoms with van der Waals surface area (Å²) in [6, 6.07) is 4.98. The third-order valence-corrected chi connectivity index (χ3v) is 6.39. The molecule has 1 saturated carbocycles. The summed E-state index contributed by atoms with van der Waals surface area (Å²) in [5.41, 5.74) is 0.594. The Hall–Kier alpha value is -1.05. The summed E-state index contributed by atoms with van der Waals surface area (Å²) >= 11 is 1.57. The van der Waals surface area contributed by atoms with Crippen molar-refractivity contribution in [3.05, 3.63) is 18.2 Å². The van der Waals surface area contributed by atoms with Crippen molar-refractivity contribution in [2.75, 3.05) is 11.1 Å². The number of anilines is 1. The Morgan fingerprint density at radius 1 is 1.24 bits per heavy atom. The fraction of sp³-hybridized carbons (Fsp3) is 0.500. The highest BCUT2D eigenvalue weighted by molar-refractivity contribution is 7.99. The van der Waals surface area contributed by atoms with E-state index in [2.05, 4.69) is 10.0 Å². The maximum absolute atomic E-state index is 12.4. The fourth-order valence-corrected chi connectivity index (χ4v) is 4.97. The van der Waals surface area contributed by atoms with Gasteiger partial charge < -0.3 is 5.32 Å². The molecule has 1 aromatic rings. The molecule has 0 atom stereocenters. The van der Waals surface area contributed by atoms with Crippen LogP contribution in [0.4, 0.5) is 5.69 Å². The minimum atomic E-state index is -3.52. The molecule has 7 heteroatoms. The first-order chi connectivity index (χ1) is 10.0. The fourth-order valence-electron chi connectivity index (χ4n) is 2.70. The Bertz CT molecular complexity index is 652. The van der Waals surface area contributed by atoms with Crippen molar-refractivity contribution >= 4 is 33.4 Å². The molecule has 114 valence electrons. The average molecular weight is 326 g/mol. The highest BCUT2D eigenvalue weighted by atomic mass is 32.2. The van der Waals surface area contributed by atoms with Crippen LogP contribution in [0.2, 0.25) is 0 Å². The minimum Gasteiger partial charge on any atom is -0.325 e. The van der Waals surface area contributed by atoms with Gasteiger partial charge in [0.25, 0.3) is 0 Å². The number of rotatable bonds is 3. The molecule has 21 heavy (non-hydrogen) atoms. The molecular weight excluding hydrogens is 308 g/mol. The van der Waals surface area contributed by atoms with Crippen LogP contribution in [0.1, 0.15) is 32.1 Å². The van der Waals surface area contributed by atoms with Crippen LogP contribution in [0.25, 0.3) is 0 Å². The lowest BCUT2D eigenvalue weighted by molar-refractivity contribution is -0.115. The summed E-state index contributed by atoms with van der Waals surface area (Å²) in [4.78, 5) is 12.7. The normalized spacial score (nSPS) is 19.9. The molecule has 1 aromatic carbocycles. The quantitative estimate of drug-likeness (QED) is 0.894. The van der Waals surface area contributed by atoms with Crippen molar-refractivity contribution in [2.45, 2.75) is 47.9 Å². The lowest BCUT2D eigenvalue weighted by Crippen LogP contribution is -2.32. The van der Waals surface area contributed by atoms with Crippen molar-refractivity contribution in [1.82, 2.24) is 4.72 Å². The van der Waals surface area contributed by atoms with Crippen LogP contribution in [0.3, 0.4) is 0 Å². The summed E-state index contributed by atoms with van der Waals surface area (Å²) in [5.74, 6) is 0.644. The molecule has 1 aliphatic carbocycles. The third kappa shape index (κ3) is 3.41. The number of sulfonamides is 1. The first-order valence-electron chi connectivity index (χ1n) is 7.14. The van der Waals surface area contributed by atoms with E-state index in [-0.39, 0.29) is 16.8 Å². The van der Waals surface area contributed by atoms with Gasteiger partial charge in [0.05, 0.1) is 10.6 Å². The molecular formula is C14H18N2O3S2. The van der Waals surface area contributed by atoms with Crippen molar-refractivity contribution in [2.24, 2.45) is 0 Å². The van der Waals surface area contributed by atoms with Crippen LogP contribution >= 0.6 is 11.8 Å². The van der Waals surface area contributed by atoms with E-state index in [4.69, 9.17) is 0 Å². The zero-order valence-electron chi connectivity index (χ0n) is 11.6. The maximum atomic E-state index is 12.4. The predicted octanol–water partition coefficient (Wildman–Crippen LogP) is 2.34. The lowest BCUT2D eigenvalue weighted by atomic mass is 10.3. The number of amides is 1. The van der Waals surface area contributed by atoms with Crippen LogP contribution < -0.4 is 10.0 Å². The topological polar surface area (TPSA) is 75.3 Å². The highest BCUT2D eigenvalue weighted by Gasteiger charge is 2.24. The zero-order chi connectivity index (χ0) is 14.9. The number of hydrogen-bond donors (Lipinski definition) is 2. The largest absolute Gasteiger partial charge is 0.325 e. The van der Waals surface area contributed by atoms with E-state index < -0.39 is 10.0 Å². The summed E-state index contributed by atoms with van der Waals surface area (Å²) in [6.45, 7) is 0. The summed E-state index contributed by atoms with van der Waals surface area (Å²) in [7, 11) is -3.52. The molecule has 0 bridgehead atoms. The van der Waals surface area contributed by atoms with E-state index in [0.717, 1.165) is 30.6 Å². The van der Waals surface area contributed by atoms with Crippen molar-refractivity contribution in [1.29, 1.82) is 0 Å². The number of thioether (sulfide) groups is 1. The summed E-state index contributed by atoms with van der Waals surface area (Å²) in [5, 5.41) is 2.78. The van der Waals surface area contributed by atoms with Gasteiger partial charge in [0.1, 0.15) is 0 Å². The van der Waals surface area contributed by atoms with Gasteiger partial charge in [-0.3, -0.25) is 4.79 Å². The molecule has 2 N–H and O–H groups in total. The van der Waals surface area contributed by atoms with E-state index in [0.29, 0.717) is 17.9 Å². The number of fused-ring (bicyclic) bond motifs is 1. The van der Waals surface area contributed by atoms with Gasteiger partial charge in [-0.1, -0.05) is 12.8 Å². The predicted molar refractivity (Wildman–Crippen MR) is 83.0 cm³/mol. The monoisotopic (exact) mass is 326 g/mol. The number of hydrogen-bond acceptors (Lipinski definition) is 4. The van der Waals surface area contributed by atoms with Gasteiger partial charge in [-0.15, -0.1) is 11.8 Å². The Labute approximate surface area is 128 Å². The maximum Gasteiger partial charge on any atom is 0.240 e. The molecule has 2 aliphatic rings. The van der Waals surface area contributed by atoms with Crippen LogP contribution in [0.15, 0.2) is 28.0 Å². The average Bonchev–Trinajstić information content (AvgIpc) is 2.84. The van der Waals surface area contributed by atoms with Gasteiger partial charge in [-0.2, -0.15) is 0 Å². The van der Waals surface area contributed by atoms with Gasteiger partial charge in [0.15, 0.2) is 0 Å². The molecule has 1 aliphatic heterocycles. The lowest BCUT2D eigenvalue weighted by Gasteiger charge is -2.14. The first kappa shape index (κ1) is 14.9. The summed E-state index contributed by atoms with van der Waals surface area (Å²) in [6.07, 6.45) is 4.39. The van der Waals surface area contributed by atoms with Crippen molar-refractivity contribution in [3.63, 3.8) is 0 Å². The van der Waals surface area contributed by atoms with E-state index in [1.807, 2.05) is 0 Å². The van der Waals surface area contributed by atoms with E-state index in [1.165, 1.54) is 0 Å². The van der Waals surface area contributed by atoms with Crippen molar-refractivity contribution in [3.8, 4) is 0 Å². The molecule has 1 fully saturated rings. The first-order valence-corrected chi connectivity index (χ1v) is 9.60.